The summed E-state index contributed by atoms with van der Waals surface area (Å²) in [6, 6.07) is 15.7. The van der Waals surface area contributed by atoms with E-state index in [1.165, 1.54) is 37.1 Å². The van der Waals surface area contributed by atoms with E-state index >= 15 is 0 Å². The predicted octanol–water partition coefficient (Wildman–Crippen LogP) is 8.36. The van der Waals surface area contributed by atoms with Crippen molar-refractivity contribution in [2.24, 2.45) is 0 Å². The van der Waals surface area contributed by atoms with Crippen molar-refractivity contribution in [2.75, 3.05) is 0 Å². The molecule has 0 aliphatic rings. The summed E-state index contributed by atoms with van der Waals surface area (Å²) < 4.78 is 0. The van der Waals surface area contributed by atoms with E-state index in [4.69, 9.17) is 20.2 Å². The van der Waals surface area contributed by atoms with Gasteiger partial charge in [-0.25, -0.2) is 0 Å². The molecule has 2 rings (SSSR count). The minimum absolute atomic E-state index is 0.0263. The van der Waals surface area contributed by atoms with Crippen LogP contribution in [0.25, 0.3) is 10.6 Å². The van der Waals surface area contributed by atoms with E-state index in [1.807, 2.05) is 76.2 Å². The van der Waals surface area contributed by atoms with Crippen molar-refractivity contribution in [1.82, 2.24) is 0 Å². The van der Waals surface area contributed by atoms with Crippen LogP contribution >= 0.6 is 20.2 Å². The number of aryl methyl sites for hydroxylation is 2. The molecule has 0 aliphatic heterocycles. The monoisotopic (exact) mass is 502 g/mol. The summed E-state index contributed by atoms with van der Waals surface area (Å²) in [6.07, 6.45) is 3.06. The summed E-state index contributed by atoms with van der Waals surface area (Å²) in [5, 5.41) is 8.56. The Bertz CT molecular complexity index is 804. The molecule has 0 amide bonds. The van der Waals surface area contributed by atoms with Gasteiger partial charge in [0, 0.05) is 0 Å². The molecule has 4 nitrogen and oxygen atoms in total. The first-order valence-electron chi connectivity index (χ1n) is 9.37. The Kier molecular flexibility index (Phi) is 15.5. The van der Waals surface area contributed by atoms with Gasteiger partial charge in [-0.05, 0) is 39.8 Å². The summed E-state index contributed by atoms with van der Waals surface area (Å²) in [4.78, 5) is 21.5. The molecule has 170 valence electrons. The van der Waals surface area contributed by atoms with Gasteiger partial charge in [0.1, 0.15) is 0 Å². The van der Waals surface area contributed by atoms with Crippen molar-refractivity contribution in [3.8, 4) is 0 Å². The number of allylic oxidation sites excluding steroid dienone is 4. The van der Waals surface area contributed by atoms with E-state index in [1.54, 1.807) is 0 Å². The fourth-order valence-corrected chi connectivity index (χ4v) is 2.30. The van der Waals surface area contributed by atoms with Gasteiger partial charge in [-0.3, -0.25) is 9.59 Å². The standard InChI is InChI=1S/2C12H15NO.2ClH.Fe/c2*1-9-4-6-12(7-5-9)13-10(2)8-11(3)14;;;/h2*4-8H,1-3H3,(H,13,14);2*1H;/q;;;;+2/p-4. The molecule has 0 fully saturated rings. The zero-order valence-electron chi connectivity index (χ0n) is 18.6. The Morgan fingerprint density at radius 2 is 0.935 bits per heavy atom. The number of carbonyl (C=O) groups excluding carboxylic acids is 2. The summed E-state index contributed by atoms with van der Waals surface area (Å²) in [7, 11) is 9.53. The molecular weight excluding hydrogens is 475 g/mol. The normalized spacial score (nSPS) is 10.8. The molecule has 0 saturated carbocycles. The van der Waals surface area contributed by atoms with Crippen LogP contribution in [0.5, 0.6) is 0 Å². The van der Waals surface area contributed by atoms with Crippen molar-refractivity contribution in [3.63, 3.8) is 0 Å². The third-order valence-corrected chi connectivity index (χ3v) is 3.50. The van der Waals surface area contributed by atoms with E-state index < -0.39 is 0 Å². The van der Waals surface area contributed by atoms with Gasteiger partial charge in [0.2, 0.25) is 0 Å². The second-order valence-electron chi connectivity index (χ2n) is 6.74. The van der Waals surface area contributed by atoms with Gasteiger partial charge in [-0.1, -0.05) is 73.5 Å². The third-order valence-electron chi connectivity index (χ3n) is 3.50. The fourth-order valence-electron chi connectivity index (χ4n) is 2.30. The van der Waals surface area contributed by atoms with Crippen LogP contribution in [0.3, 0.4) is 0 Å². The summed E-state index contributed by atoms with van der Waals surface area (Å²) in [6.45, 7) is 10.7. The number of rotatable bonds is 6. The molecule has 31 heavy (non-hydrogen) atoms. The molecule has 2 aromatic carbocycles. The molecule has 0 unspecified atom stereocenters. The zero-order chi connectivity index (χ0) is 23.8. The molecule has 0 radical (unpaired) electrons. The summed E-state index contributed by atoms with van der Waals surface area (Å²) in [5.41, 5.74) is 5.65. The van der Waals surface area contributed by atoms with Gasteiger partial charge >= 0.3 is 33.3 Å². The number of benzene rings is 2. The number of carbonyl (C=O) groups is 2. The molecule has 0 atom stereocenters. The Morgan fingerprint density at radius 1 is 0.677 bits per heavy atom. The molecule has 0 aromatic heterocycles. The topological polar surface area (TPSA) is 62.3 Å². The second-order valence-corrected chi connectivity index (χ2v) is 8.56. The van der Waals surface area contributed by atoms with Crippen LogP contribution in [-0.4, -0.2) is 11.6 Å². The predicted molar refractivity (Wildman–Crippen MR) is 129 cm³/mol. The minimum atomic E-state index is 0.0263. The molecule has 0 N–H and O–H groups in total. The van der Waals surface area contributed by atoms with Crippen LogP contribution in [0.4, 0.5) is 11.4 Å². The fraction of sp³-hybridized carbons (Fsp3) is 0.250. The molecule has 0 spiro atoms. The first-order valence-corrected chi connectivity index (χ1v) is 12.4. The van der Waals surface area contributed by atoms with Crippen molar-refractivity contribution in [1.29, 1.82) is 0 Å². The quantitative estimate of drug-likeness (QED) is 0.294. The Morgan fingerprint density at radius 3 is 1.16 bits per heavy atom. The molecule has 0 heterocycles. The summed E-state index contributed by atoms with van der Waals surface area (Å²) >= 11 is 0.194. The third kappa shape index (κ3) is 16.3. The van der Waals surface area contributed by atoms with Gasteiger partial charge in [0.15, 0.2) is 11.6 Å². The number of nitrogens with zero attached hydrogens (tertiary/aromatic N) is 2. The van der Waals surface area contributed by atoms with Crippen LogP contribution in [-0.2, 0) is 22.7 Å². The van der Waals surface area contributed by atoms with Gasteiger partial charge in [-0.15, -0.1) is 11.4 Å². The van der Waals surface area contributed by atoms with Gasteiger partial charge < -0.3 is 10.6 Å². The maximum atomic E-state index is 10.8. The van der Waals surface area contributed by atoms with Crippen molar-refractivity contribution >= 4 is 43.1 Å². The van der Waals surface area contributed by atoms with Crippen molar-refractivity contribution in [2.45, 2.75) is 41.5 Å². The van der Waals surface area contributed by atoms with Gasteiger partial charge in [0.25, 0.3) is 0 Å². The van der Waals surface area contributed by atoms with E-state index in [0.717, 1.165) is 22.8 Å². The maximum absolute atomic E-state index is 10.8. The van der Waals surface area contributed by atoms with Crippen molar-refractivity contribution < 1.29 is 22.7 Å². The van der Waals surface area contributed by atoms with Crippen LogP contribution in [0.15, 0.2) is 72.1 Å². The van der Waals surface area contributed by atoms with Gasteiger partial charge in [0.05, 0.1) is 0 Å². The van der Waals surface area contributed by atoms with E-state index in [-0.39, 0.29) is 24.7 Å². The van der Waals surface area contributed by atoms with Gasteiger partial charge in [-0.2, -0.15) is 11.4 Å². The first-order chi connectivity index (χ1) is 14.6. The average Bonchev–Trinajstić information content (AvgIpc) is 2.65. The van der Waals surface area contributed by atoms with E-state index in [9.17, 15) is 9.59 Å². The molecular formula is C24H28Cl2FeN2O2-2. The molecule has 0 saturated heterocycles. The number of hydrogen-bond donors (Lipinski definition) is 0. The zero-order valence-corrected chi connectivity index (χ0v) is 21.2. The first kappa shape index (κ1) is 29.0. The average molecular weight is 503 g/mol. The number of hydrogen-bond acceptors (Lipinski definition) is 2. The van der Waals surface area contributed by atoms with Crippen LogP contribution in [0, 0.1) is 13.8 Å². The molecule has 2 aromatic rings. The Labute approximate surface area is 200 Å². The van der Waals surface area contributed by atoms with Crippen molar-refractivity contribution in [3.05, 3.63) is 93.8 Å². The molecule has 0 aliphatic carbocycles. The van der Waals surface area contributed by atoms with E-state index in [2.05, 4.69) is 10.6 Å². The van der Waals surface area contributed by atoms with Crippen LogP contribution < -0.4 is 0 Å². The van der Waals surface area contributed by atoms with Crippen LogP contribution in [0.1, 0.15) is 38.8 Å². The molecule has 0 bridgehead atoms. The molecule has 7 heteroatoms. The number of halogens is 2. The second kappa shape index (κ2) is 16.6. The van der Waals surface area contributed by atoms with Crippen LogP contribution in [0.2, 0.25) is 0 Å². The number of ketones is 2. The Balaban J connectivity index is 0.000000516. The Hall–Kier alpha value is -2.04. The SMILES string of the molecule is CC(=O)/C=C(/C)[N-]c1ccc(C)cc1.CC(=O)/C=C(/C)[N-]c1ccc(C)cc1.[Cl][Fe][Cl]. The van der Waals surface area contributed by atoms with E-state index in [0.29, 0.717) is 0 Å². The summed E-state index contributed by atoms with van der Waals surface area (Å²) in [5.74, 6) is 0.0525.